The molecule has 0 unspecified atom stereocenters. The third-order valence-corrected chi connectivity index (χ3v) is 4.05. The van der Waals surface area contributed by atoms with Gasteiger partial charge in [0.1, 0.15) is 23.9 Å². The van der Waals surface area contributed by atoms with Crippen LogP contribution in [-0.4, -0.2) is 25.3 Å². The molecule has 1 amide bonds. The molecule has 0 bridgehead atoms. The first-order valence-corrected chi connectivity index (χ1v) is 9.68. The molecule has 0 fully saturated rings. The fourth-order valence-electron chi connectivity index (χ4n) is 2.61. The fourth-order valence-corrected chi connectivity index (χ4v) is 2.61. The maximum atomic E-state index is 12.0. The highest BCUT2D eigenvalue weighted by molar-refractivity contribution is 5.85. The minimum absolute atomic E-state index is 0.141. The van der Waals surface area contributed by atoms with Crippen molar-refractivity contribution in [3.05, 3.63) is 90.0 Å². The van der Waals surface area contributed by atoms with Gasteiger partial charge in [-0.2, -0.15) is 5.10 Å². The van der Waals surface area contributed by atoms with Crippen LogP contribution in [0.25, 0.3) is 0 Å². The quantitative estimate of drug-likeness (QED) is 0.406. The van der Waals surface area contributed by atoms with Gasteiger partial charge in [0.2, 0.25) is 0 Å². The number of carbonyl (C=O) groups excluding carboxylic acids is 1. The van der Waals surface area contributed by atoms with Crippen LogP contribution >= 0.6 is 0 Å². The Kier molecular flexibility index (Phi) is 7.85. The van der Waals surface area contributed by atoms with Crippen molar-refractivity contribution in [2.24, 2.45) is 5.10 Å². The molecule has 30 heavy (non-hydrogen) atoms. The molecule has 0 saturated heterocycles. The monoisotopic (exact) mass is 404 g/mol. The van der Waals surface area contributed by atoms with Crippen LogP contribution in [0.1, 0.15) is 18.1 Å². The molecule has 0 heterocycles. The SMILES string of the molecule is CCOc1ccc(OCC(=O)N/N=C/c2ccccc2OCc2ccccc2)cc1. The van der Waals surface area contributed by atoms with Crippen LogP contribution in [0.3, 0.4) is 0 Å². The summed E-state index contributed by atoms with van der Waals surface area (Å²) < 4.78 is 16.7. The van der Waals surface area contributed by atoms with Crippen molar-refractivity contribution in [3.63, 3.8) is 0 Å². The normalized spacial score (nSPS) is 10.6. The van der Waals surface area contributed by atoms with E-state index in [-0.39, 0.29) is 12.5 Å². The first kappa shape index (κ1) is 20.9. The van der Waals surface area contributed by atoms with Crippen molar-refractivity contribution in [3.8, 4) is 17.2 Å². The van der Waals surface area contributed by atoms with Crippen molar-refractivity contribution >= 4 is 12.1 Å². The third kappa shape index (κ3) is 6.67. The maximum absolute atomic E-state index is 12.0. The van der Waals surface area contributed by atoms with E-state index in [9.17, 15) is 4.79 Å². The summed E-state index contributed by atoms with van der Waals surface area (Å²) in [5, 5.41) is 4.00. The number of rotatable bonds is 10. The molecule has 1 N–H and O–H groups in total. The molecule has 154 valence electrons. The number of nitrogens with zero attached hydrogens (tertiary/aromatic N) is 1. The molecular weight excluding hydrogens is 380 g/mol. The average molecular weight is 404 g/mol. The molecule has 0 radical (unpaired) electrons. The van der Waals surface area contributed by atoms with E-state index in [0.717, 1.165) is 16.9 Å². The summed E-state index contributed by atoms with van der Waals surface area (Å²) in [5.41, 5.74) is 4.30. The smallest absolute Gasteiger partial charge is 0.277 e. The van der Waals surface area contributed by atoms with Gasteiger partial charge in [-0.1, -0.05) is 42.5 Å². The van der Waals surface area contributed by atoms with Gasteiger partial charge in [0.25, 0.3) is 5.91 Å². The highest BCUT2D eigenvalue weighted by atomic mass is 16.5. The van der Waals surface area contributed by atoms with Gasteiger partial charge in [0.05, 0.1) is 12.8 Å². The highest BCUT2D eigenvalue weighted by Gasteiger charge is 2.04. The summed E-state index contributed by atoms with van der Waals surface area (Å²) in [6.45, 7) is 2.83. The Balaban J connectivity index is 1.48. The van der Waals surface area contributed by atoms with Crippen LogP contribution in [0, 0.1) is 0 Å². The van der Waals surface area contributed by atoms with Gasteiger partial charge >= 0.3 is 0 Å². The molecule has 0 saturated carbocycles. The van der Waals surface area contributed by atoms with Gasteiger partial charge < -0.3 is 14.2 Å². The molecule has 3 aromatic carbocycles. The first-order valence-electron chi connectivity index (χ1n) is 9.68. The lowest BCUT2D eigenvalue weighted by Crippen LogP contribution is -2.24. The Morgan fingerprint density at radius 1 is 0.867 bits per heavy atom. The first-order chi connectivity index (χ1) is 14.7. The van der Waals surface area contributed by atoms with E-state index in [0.29, 0.717) is 24.7 Å². The van der Waals surface area contributed by atoms with E-state index < -0.39 is 0 Å². The van der Waals surface area contributed by atoms with Gasteiger partial charge in [-0.25, -0.2) is 5.43 Å². The zero-order valence-corrected chi connectivity index (χ0v) is 16.8. The van der Waals surface area contributed by atoms with Crippen LogP contribution in [0.5, 0.6) is 17.2 Å². The van der Waals surface area contributed by atoms with E-state index in [1.165, 1.54) is 0 Å². The Morgan fingerprint density at radius 2 is 1.53 bits per heavy atom. The highest BCUT2D eigenvalue weighted by Crippen LogP contribution is 2.18. The molecule has 3 aromatic rings. The number of hydrogen-bond acceptors (Lipinski definition) is 5. The molecule has 0 aliphatic carbocycles. The van der Waals surface area contributed by atoms with Crippen molar-refractivity contribution in [1.82, 2.24) is 5.43 Å². The van der Waals surface area contributed by atoms with Crippen molar-refractivity contribution in [1.29, 1.82) is 0 Å². The summed E-state index contributed by atoms with van der Waals surface area (Å²) in [6, 6.07) is 24.5. The maximum Gasteiger partial charge on any atom is 0.277 e. The van der Waals surface area contributed by atoms with E-state index in [1.54, 1.807) is 30.5 Å². The molecule has 3 rings (SSSR count). The van der Waals surface area contributed by atoms with Gasteiger partial charge in [0, 0.05) is 5.56 Å². The van der Waals surface area contributed by atoms with Gasteiger partial charge in [-0.3, -0.25) is 4.79 Å². The summed E-state index contributed by atoms with van der Waals surface area (Å²) in [6.07, 6.45) is 1.55. The zero-order chi connectivity index (χ0) is 21.0. The topological polar surface area (TPSA) is 69.2 Å². The van der Waals surface area contributed by atoms with Gasteiger partial charge in [0.15, 0.2) is 6.61 Å². The molecular formula is C24H24N2O4. The second kappa shape index (κ2) is 11.3. The van der Waals surface area contributed by atoms with E-state index in [1.807, 2.05) is 61.5 Å². The molecule has 0 spiro atoms. The predicted octanol–water partition coefficient (Wildman–Crippen LogP) is 4.19. The van der Waals surface area contributed by atoms with E-state index >= 15 is 0 Å². The second-order valence-electron chi connectivity index (χ2n) is 6.30. The lowest BCUT2D eigenvalue weighted by Gasteiger charge is -2.09. The number of ether oxygens (including phenoxy) is 3. The minimum atomic E-state index is -0.359. The van der Waals surface area contributed by atoms with Gasteiger partial charge in [-0.05, 0) is 48.9 Å². The Bertz CT molecular complexity index is 956. The van der Waals surface area contributed by atoms with Crippen molar-refractivity contribution < 1.29 is 19.0 Å². The molecule has 0 atom stereocenters. The van der Waals surface area contributed by atoms with Gasteiger partial charge in [-0.15, -0.1) is 0 Å². The van der Waals surface area contributed by atoms with Crippen LogP contribution < -0.4 is 19.6 Å². The van der Waals surface area contributed by atoms with Crippen molar-refractivity contribution in [2.75, 3.05) is 13.2 Å². The molecule has 0 aromatic heterocycles. The molecule has 0 aliphatic heterocycles. The molecule has 6 heteroatoms. The number of benzene rings is 3. The van der Waals surface area contributed by atoms with Crippen LogP contribution in [0.2, 0.25) is 0 Å². The Labute approximate surface area is 176 Å². The number of carbonyl (C=O) groups is 1. The summed E-state index contributed by atoms with van der Waals surface area (Å²) >= 11 is 0. The number of nitrogens with one attached hydrogen (secondary N) is 1. The van der Waals surface area contributed by atoms with Crippen LogP contribution in [0.15, 0.2) is 84.0 Å². The number of para-hydroxylation sites is 1. The fraction of sp³-hybridized carbons (Fsp3) is 0.167. The standard InChI is InChI=1S/C24H24N2O4/c1-2-28-21-12-14-22(15-13-21)29-18-24(27)26-25-16-20-10-6-7-11-23(20)30-17-19-8-4-3-5-9-19/h3-16H,2,17-18H2,1H3,(H,26,27)/b25-16+. The lowest BCUT2D eigenvalue weighted by molar-refractivity contribution is -0.123. The number of hydrazone groups is 1. The van der Waals surface area contributed by atoms with Crippen LogP contribution in [0.4, 0.5) is 0 Å². The predicted molar refractivity (Wildman–Crippen MR) is 116 cm³/mol. The lowest BCUT2D eigenvalue weighted by atomic mass is 10.2. The average Bonchev–Trinajstić information content (AvgIpc) is 2.79. The van der Waals surface area contributed by atoms with E-state index in [2.05, 4.69) is 10.5 Å². The summed E-state index contributed by atoms with van der Waals surface area (Å²) in [4.78, 5) is 12.0. The largest absolute Gasteiger partial charge is 0.494 e. The minimum Gasteiger partial charge on any atom is -0.494 e. The summed E-state index contributed by atoms with van der Waals surface area (Å²) in [5.74, 6) is 1.66. The van der Waals surface area contributed by atoms with E-state index in [4.69, 9.17) is 14.2 Å². The Hall–Kier alpha value is -3.80. The summed E-state index contributed by atoms with van der Waals surface area (Å²) in [7, 11) is 0. The number of hydrogen-bond donors (Lipinski definition) is 1. The molecule has 0 aliphatic rings. The van der Waals surface area contributed by atoms with Crippen LogP contribution in [-0.2, 0) is 11.4 Å². The van der Waals surface area contributed by atoms with Crippen molar-refractivity contribution in [2.45, 2.75) is 13.5 Å². The third-order valence-electron chi connectivity index (χ3n) is 4.05. The number of amides is 1. The zero-order valence-electron chi connectivity index (χ0n) is 16.8. The Morgan fingerprint density at radius 3 is 2.27 bits per heavy atom. The molecule has 6 nitrogen and oxygen atoms in total. The second-order valence-corrected chi connectivity index (χ2v) is 6.30.